The molecule has 0 aliphatic carbocycles. The Morgan fingerprint density at radius 3 is 2.68 bits per heavy atom. The van der Waals surface area contributed by atoms with Gasteiger partial charge in [0, 0.05) is 47.2 Å². The fraction of sp³-hybridized carbons (Fsp3) is 0.346. The van der Waals surface area contributed by atoms with Crippen LogP contribution in [0.3, 0.4) is 0 Å². The molecule has 0 atom stereocenters. The molecule has 160 valence electrons. The number of hydrogen-bond acceptors (Lipinski definition) is 4. The summed E-state index contributed by atoms with van der Waals surface area (Å²) in [6.45, 7) is 4.66. The van der Waals surface area contributed by atoms with E-state index >= 15 is 0 Å². The summed E-state index contributed by atoms with van der Waals surface area (Å²) in [6.07, 6.45) is 11.4. The normalized spacial score (nSPS) is 14.9. The van der Waals surface area contributed by atoms with Gasteiger partial charge in [-0.15, -0.1) is 0 Å². The maximum absolute atomic E-state index is 5.75. The molecule has 0 radical (unpaired) electrons. The first-order chi connectivity index (χ1) is 15.3. The third-order valence-corrected chi connectivity index (χ3v) is 6.99. The van der Waals surface area contributed by atoms with Gasteiger partial charge in [-0.2, -0.15) is 11.3 Å². The molecular formula is C26H29N3OS. The molecule has 0 N–H and O–H groups in total. The lowest BCUT2D eigenvalue weighted by Gasteiger charge is -2.26. The van der Waals surface area contributed by atoms with Gasteiger partial charge in [0.25, 0.3) is 0 Å². The van der Waals surface area contributed by atoms with Crippen LogP contribution in [0, 0.1) is 0 Å². The largest absolute Gasteiger partial charge is 0.495 e. The maximum atomic E-state index is 5.75. The average Bonchev–Trinajstić information content (AvgIpc) is 3.49. The van der Waals surface area contributed by atoms with Gasteiger partial charge in [0.15, 0.2) is 0 Å². The Morgan fingerprint density at radius 1 is 1.00 bits per heavy atom. The molecule has 4 aromatic rings. The van der Waals surface area contributed by atoms with Gasteiger partial charge in [-0.25, -0.2) is 0 Å². The van der Waals surface area contributed by atoms with Crippen LogP contribution in [0.4, 0.5) is 0 Å². The van der Waals surface area contributed by atoms with E-state index in [0.29, 0.717) is 0 Å². The van der Waals surface area contributed by atoms with Gasteiger partial charge in [-0.1, -0.05) is 18.6 Å². The molecule has 1 fully saturated rings. The molecule has 0 saturated carbocycles. The van der Waals surface area contributed by atoms with Crippen molar-refractivity contribution < 1.29 is 4.74 Å². The second-order valence-electron chi connectivity index (χ2n) is 8.32. The van der Waals surface area contributed by atoms with Crippen molar-refractivity contribution in [3.05, 3.63) is 59.7 Å². The zero-order chi connectivity index (χ0) is 21.0. The van der Waals surface area contributed by atoms with Crippen LogP contribution in [0.2, 0.25) is 0 Å². The lowest BCUT2D eigenvalue weighted by atomic mass is 10.0. The summed E-state index contributed by atoms with van der Waals surface area (Å²) >= 11 is 1.72. The molecule has 0 spiro atoms. The minimum absolute atomic E-state index is 0.934. The Labute approximate surface area is 188 Å². The van der Waals surface area contributed by atoms with Crippen molar-refractivity contribution in [2.75, 3.05) is 26.7 Å². The average molecular weight is 432 g/mol. The topological polar surface area (TPSA) is 30.3 Å². The molecule has 5 rings (SSSR count). The van der Waals surface area contributed by atoms with E-state index in [0.717, 1.165) is 29.8 Å². The quantitative estimate of drug-likeness (QED) is 0.343. The van der Waals surface area contributed by atoms with Gasteiger partial charge < -0.3 is 14.2 Å². The summed E-state index contributed by atoms with van der Waals surface area (Å²) in [7, 11) is 1.76. The summed E-state index contributed by atoms with van der Waals surface area (Å²) < 4.78 is 8.13. The summed E-state index contributed by atoms with van der Waals surface area (Å²) in [5.74, 6) is 0.934. The van der Waals surface area contributed by atoms with Crippen LogP contribution >= 0.6 is 11.3 Å². The zero-order valence-electron chi connectivity index (χ0n) is 18.1. The summed E-state index contributed by atoms with van der Waals surface area (Å²) in [4.78, 5) is 7.17. The van der Waals surface area contributed by atoms with Crippen LogP contribution in [-0.2, 0) is 6.54 Å². The van der Waals surface area contributed by atoms with E-state index in [1.165, 1.54) is 60.9 Å². The van der Waals surface area contributed by atoms with Crippen LogP contribution in [0.5, 0.6) is 5.75 Å². The lowest BCUT2D eigenvalue weighted by Crippen LogP contribution is -2.31. The fourth-order valence-corrected chi connectivity index (χ4v) is 5.38. The molecule has 1 aliphatic heterocycles. The van der Waals surface area contributed by atoms with Crippen molar-refractivity contribution in [3.8, 4) is 28.0 Å². The fourth-order valence-electron chi connectivity index (χ4n) is 4.72. The Morgan fingerprint density at radius 2 is 1.87 bits per heavy atom. The van der Waals surface area contributed by atoms with Crippen molar-refractivity contribution in [1.82, 2.24) is 14.5 Å². The highest BCUT2D eigenvalue weighted by Crippen LogP contribution is 2.37. The van der Waals surface area contributed by atoms with Crippen molar-refractivity contribution in [1.29, 1.82) is 0 Å². The number of likely N-dealkylation sites (tertiary alicyclic amines) is 1. The van der Waals surface area contributed by atoms with E-state index in [-0.39, 0.29) is 0 Å². The maximum Gasteiger partial charge on any atom is 0.143 e. The lowest BCUT2D eigenvalue weighted by molar-refractivity contribution is 0.223. The van der Waals surface area contributed by atoms with E-state index in [1.807, 2.05) is 12.4 Å². The minimum atomic E-state index is 0.934. The van der Waals surface area contributed by atoms with Gasteiger partial charge in [0.2, 0.25) is 0 Å². The van der Waals surface area contributed by atoms with Crippen molar-refractivity contribution in [2.45, 2.75) is 32.2 Å². The Balaban J connectivity index is 1.48. The number of fused-ring (bicyclic) bond motifs is 1. The van der Waals surface area contributed by atoms with Crippen LogP contribution < -0.4 is 4.74 Å². The highest BCUT2D eigenvalue weighted by Gasteiger charge is 2.16. The number of pyridine rings is 1. The number of aryl methyl sites for hydroxylation is 1. The summed E-state index contributed by atoms with van der Waals surface area (Å²) in [5.41, 5.74) is 5.93. The molecule has 4 nitrogen and oxygen atoms in total. The smallest absolute Gasteiger partial charge is 0.143 e. The number of nitrogens with zero attached hydrogens (tertiary/aromatic N) is 3. The molecule has 4 heterocycles. The Bertz CT molecular complexity index is 1140. The zero-order valence-corrected chi connectivity index (χ0v) is 18.9. The molecule has 31 heavy (non-hydrogen) atoms. The molecule has 5 heteroatoms. The van der Waals surface area contributed by atoms with Crippen molar-refractivity contribution in [2.24, 2.45) is 0 Å². The predicted molar refractivity (Wildman–Crippen MR) is 130 cm³/mol. The third kappa shape index (κ3) is 4.25. The number of methoxy groups -OCH3 is 1. The van der Waals surface area contributed by atoms with Crippen LogP contribution in [-0.4, -0.2) is 41.2 Å². The van der Waals surface area contributed by atoms with Crippen molar-refractivity contribution >= 4 is 22.2 Å². The first-order valence-electron chi connectivity index (χ1n) is 11.2. The van der Waals surface area contributed by atoms with Gasteiger partial charge in [0.05, 0.1) is 12.6 Å². The first kappa shape index (κ1) is 20.3. The number of para-hydroxylation sites is 1. The Kier molecular flexibility index (Phi) is 6.05. The standard InChI is InChI=1S/C26H29N3OS/c1-30-25-8-5-7-23-24(22-15-21(16-27-17-22)20-9-14-31-19-20)18-29(26(23)25)13-6-12-28-10-3-2-4-11-28/h5,7-9,14-19H,2-4,6,10-13H2,1H3. The second kappa shape index (κ2) is 9.25. The molecular weight excluding hydrogens is 402 g/mol. The first-order valence-corrected chi connectivity index (χ1v) is 12.1. The third-order valence-electron chi connectivity index (χ3n) is 6.31. The number of benzene rings is 1. The molecule has 0 amide bonds. The van der Waals surface area contributed by atoms with E-state index in [1.54, 1.807) is 18.4 Å². The highest BCUT2D eigenvalue weighted by molar-refractivity contribution is 7.08. The molecule has 0 unspecified atom stereocenters. The van der Waals surface area contributed by atoms with Crippen LogP contribution in [0.25, 0.3) is 33.2 Å². The molecule has 3 aromatic heterocycles. The van der Waals surface area contributed by atoms with Gasteiger partial charge in [-0.05, 0) is 73.4 Å². The van der Waals surface area contributed by atoms with E-state index in [9.17, 15) is 0 Å². The highest BCUT2D eigenvalue weighted by atomic mass is 32.1. The number of aromatic nitrogens is 2. The van der Waals surface area contributed by atoms with E-state index < -0.39 is 0 Å². The molecule has 0 bridgehead atoms. The second-order valence-corrected chi connectivity index (χ2v) is 9.10. The van der Waals surface area contributed by atoms with Gasteiger partial charge in [-0.3, -0.25) is 4.98 Å². The number of thiophene rings is 1. The van der Waals surface area contributed by atoms with Crippen LogP contribution in [0.15, 0.2) is 59.7 Å². The minimum Gasteiger partial charge on any atom is -0.495 e. The number of hydrogen-bond donors (Lipinski definition) is 0. The SMILES string of the molecule is COc1cccc2c(-c3cncc(-c4ccsc4)c3)cn(CCCN3CCCCC3)c12. The van der Waals surface area contributed by atoms with Gasteiger partial charge in [0.1, 0.15) is 5.75 Å². The predicted octanol–water partition coefficient (Wildman–Crippen LogP) is 6.32. The van der Waals surface area contributed by atoms with E-state index in [2.05, 4.69) is 61.7 Å². The monoisotopic (exact) mass is 431 g/mol. The number of piperidine rings is 1. The van der Waals surface area contributed by atoms with E-state index in [4.69, 9.17) is 4.74 Å². The molecule has 1 aromatic carbocycles. The Hall–Kier alpha value is -2.63. The summed E-state index contributed by atoms with van der Waals surface area (Å²) in [6, 6.07) is 10.7. The van der Waals surface area contributed by atoms with Crippen molar-refractivity contribution in [3.63, 3.8) is 0 Å². The van der Waals surface area contributed by atoms with Gasteiger partial charge >= 0.3 is 0 Å². The molecule has 1 aliphatic rings. The van der Waals surface area contributed by atoms with Crippen LogP contribution in [0.1, 0.15) is 25.7 Å². The number of ether oxygens (including phenoxy) is 1. The number of rotatable bonds is 7. The molecule has 1 saturated heterocycles. The summed E-state index contributed by atoms with van der Waals surface area (Å²) in [5, 5.41) is 5.51.